The Labute approximate surface area is 113 Å². The second-order valence-corrected chi connectivity index (χ2v) is 5.02. The van der Waals surface area contributed by atoms with Crippen LogP contribution in [-0.2, 0) is 6.54 Å². The third kappa shape index (κ3) is 2.78. The first-order valence-electron chi connectivity index (χ1n) is 6.83. The Morgan fingerprint density at radius 3 is 2.68 bits per heavy atom. The van der Waals surface area contributed by atoms with Gasteiger partial charge in [0.15, 0.2) is 0 Å². The lowest BCUT2D eigenvalue weighted by molar-refractivity contribution is 0.107. The second-order valence-electron chi connectivity index (χ2n) is 5.02. The largest absolute Gasteiger partial charge is 0.395 e. The molecule has 0 amide bonds. The molecular formula is C14H20N4O. The molecule has 0 radical (unpaired) electrons. The van der Waals surface area contributed by atoms with Crippen LogP contribution in [0.4, 0.5) is 0 Å². The molecule has 0 bridgehead atoms. The van der Waals surface area contributed by atoms with Gasteiger partial charge in [-0.15, -0.1) is 0 Å². The molecular weight excluding hydrogens is 240 g/mol. The number of aliphatic hydroxyl groups is 1. The molecule has 2 aromatic heterocycles. The molecule has 5 heteroatoms. The average molecular weight is 260 g/mol. The highest BCUT2D eigenvalue weighted by molar-refractivity contribution is 5.39. The molecule has 3 rings (SSSR count). The summed E-state index contributed by atoms with van der Waals surface area (Å²) in [5.41, 5.74) is 2.25. The van der Waals surface area contributed by atoms with Gasteiger partial charge in [0, 0.05) is 45.5 Å². The van der Waals surface area contributed by atoms with Gasteiger partial charge in [-0.3, -0.25) is 9.80 Å². The predicted octanol–water partition coefficient (Wildman–Crippen LogP) is 0.444. The summed E-state index contributed by atoms with van der Waals surface area (Å²) in [6.45, 7) is 6.18. The number of pyridine rings is 1. The maximum absolute atomic E-state index is 8.94. The zero-order valence-corrected chi connectivity index (χ0v) is 11.1. The molecule has 1 saturated heterocycles. The fourth-order valence-electron chi connectivity index (χ4n) is 2.64. The van der Waals surface area contributed by atoms with Crippen LogP contribution in [0.1, 0.15) is 5.69 Å². The van der Waals surface area contributed by atoms with Crippen molar-refractivity contribution >= 4 is 5.65 Å². The number of aliphatic hydroxyl groups excluding tert-OH is 1. The lowest BCUT2D eigenvalue weighted by Crippen LogP contribution is -2.46. The van der Waals surface area contributed by atoms with Crippen LogP contribution < -0.4 is 0 Å². The minimum atomic E-state index is 0.257. The number of fused-ring (bicyclic) bond motifs is 1. The van der Waals surface area contributed by atoms with Crippen molar-refractivity contribution in [1.29, 1.82) is 0 Å². The van der Waals surface area contributed by atoms with E-state index in [-0.39, 0.29) is 6.61 Å². The first-order chi connectivity index (χ1) is 9.36. The molecule has 0 aromatic carbocycles. The molecule has 0 atom stereocenters. The predicted molar refractivity (Wildman–Crippen MR) is 74.0 cm³/mol. The van der Waals surface area contributed by atoms with Crippen molar-refractivity contribution in [3.8, 4) is 0 Å². The molecule has 0 saturated carbocycles. The van der Waals surface area contributed by atoms with Crippen LogP contribution in [0, 0.1) is 0 Å². The van der Waals surface area contributed by atoms with Gasteiger partial charge in [-0.1, -0.05) is 6.07 Å². The van der Waals surface area contributed by atoms with Gasteiger partial charge in [0.2, 0.25) is 0 Å². The Kier molecular flexibility index (Phi) is 3.77. The van der Waals surface area contributed by atoms with Gasteiger partial charge in [-0.25, -0.2) is 4.98 Å². The van der Waals surface area contributed by atoms with Gasteiger partial charge in [-0.2, -0.15) is 0 Å². The van der Waals surface area contributed by atoms with Crippen molar-refractivity contribution < 1.29 is 5.11 Å². The molecule has 5 nitrogen and oxygen atoms in total. The zero-order chi connectivity index (χ0) is 13.1. The Morgan fingerprint density at radius 2 is 1.89 bits per heavy atom. The fraction of sp³-hybridized carbons (Fsp3) is 0.500. The number of aromatic nitrogens is 2. The molecule has 102 valence electrons. The summed E-state index contributed by atoms with van der Waals surface area (Å²) in [5, 5.41) is 8.94. The monoisotopic (exact) mass is 260 g/mol. The van der Waals surface area contributed by atoms with Crippen LogP contribution in [0.25, 0.3) is 5.65 Å². The SMILES string of the molecule is OCCN1CCN(Cc2cnc3ccccn23)CC1. The van der Waals surface area contributed by atoms with Crippen LogP contribution in [0.5, 0.6) is 0 Å². The molecule has 19 heavy (non-hydrogen) atoms. The van der Waals surface area contributed by atoms with Crippen molar-refractivity contribution in [3.05, 3.63) is 36.3 Å². The lowest BCUT2D eigenvalue weighted by Gasteiger charge is -2.34. The first kappa shape index (κ1) is 12.6. The van der Waals surface area contributed by atoms with E-state index >= 15 is 0 Å². The second kappa shape index (κ2) is 5.69. The number of β-amino-alcohol motifs (C(OH)–C–C–N with tert-alkyl or cyclic N) is 1. The normalized spacial score (nSPS) is 18.2. The van der Waals surface area contributed by atoms with Crippen LogP contribution in [-0.4, -0.2) is 63.6 Å². The molecule has 1 N–H and O–H groups in total. The topological polar surface area (TPSA) is 44.0 Å². The molecule has 1 fully saturated rings. The first-order valence-corrected chi connectivity index (χ1v) is 6.83. The van der Waals surface area contributed by atoms with Crippen LogP contribution in [0.3, 0.4) is 0 Å². The van der Waals surface area contributed by atoms with E-state index in [0.29, 0.717) is 0 Å². The molecule has 1 aliphatic rings. The summed E-state index contributed by atoms with van der Waals surface area (Å²) in [5.74, 6) is 0. The molecule has 1 aliphatic heterocycles. The van der Waals surface area contributed by atoms with Crippen molar-refractivity contribution in [2.45, 2.75) is 6.54 Å². The van der Waals surface area contributed by atoms with E-state index < -0.39 is 0 Å². The van der Waals surface area contributed by atoms with E-state index in [1.807, 2.05) is 24.4 Å². The summed E-state index contributed by atoms with van der Waals surface area (Å²) in [4.78, 5) is 9.18. The molecule has 0 unspecified atom stereocenters. The van der Waals surface area contributed by atoms with E-state index in [0.717, 1.165) is 44.9 Å². The van der Waals surface area contributed by atoms with Gasteiger partial charge in [-0.05, 0) is 12.1 Å². The minimum Gasteiger partial charge on any atom is -0.395 e. The summed E-state index contributed by atoms with van der Waals surface area (Å²) >= 11 is 0. The minimum absolute atomic E-state index is 0.257. The number of nitrogens with zero attached hydrogens (tertiary/aromatic N) is 4. The maximum Gasteiger partial charge on any atom is 0.136 e. The van der Waals surface area contributed by atoms with E-state index in [1.165, 1.54) is 5.69 Å². The van der Waals surface area contributed by atoms with E-state index in [2.05, 4.69) is 25.4 Å². The molecule has 3 heterocycles. The number of imidazole rings is 1. The van der Waals surface area contributed by atoms with E-state index in [4.69, 9.17) is 5.11 Å². The third-order valence-electron chi connectivity index (χ3n) is 3.76. The Hall–Kier alpha value is -1.43. The van der Waals surface area contributed by atoms with Crippen LogP contribution in [0.2, 0.25) is 0 Å². The lowest BCUT2D eigenvalue weighted by atomic mass is 10.3. The quantitative estimate of drug-likeness (QED) is 0.866. The van der Waals surface area contributed by atoms with Gasteiger partial charge < -0.3 is 9.51 Å². The van der Waals surface area contributed by atoms with E-state index in [1.54, 1.807) is 0 Å². The summed E-state index contributed by atoms with van der Waals surface area (Å²) in [6.07, 6.45) is 4.04. The van der Waals surface area contributed by atoms with Crippen LogP contribution in [0.15, 0.2) is 30.6 Å². The molecule has 2 aromatic rings. The Bertz CT molecular complexity index is 531. The van der Waals surface area contributed by atoms with E-state index in [9.17, 15) is 0 Å². The average Bonchev–Trinajstić information content (AvgIpc) is 2.85. The molecule has 0 aliphatic carbocycles. The Balaban J connectivity index is 1.63. The number of piperazine rings is 1. The number of hydrogen-bond acceptors (Lipinski definition) is 4. The summed E-state index contributed by atoms with van der Waals surface area (Å²) in [7, 11) is 0. The molecule has 0 spiro atoms. The fourth-order valence-corrected chi connectivity index (χ4v) is 2.64. The Morgan fingerprint density at radius 1 is 1.11 bits per heavy atom. The van der Waals surface area contributed by atoms with Crippen molar-refractivity contribution in [3.63, 3.8) is 0 Å². The smallest absolute Gasteiger partial charge is 0.136 e. The number of hydrogen-bond donors (Lipinski definition) is 1. The highest BCUT2D eigenvalue weighted by Gasteiger charge is 2.17. The maximum atomic E-state index is 8.94. The highest BCUT2D eigenvalue weighted by Crippen LogP contribution is 2.11. The highest BCUT2D eigenvalue weighted by atomic mass is 16.3. The van der Waals surface area contributed by atoms with Gasteiger partial charge in [0.25, 0.3) is 0 Å². The van der Waals surface area contributed by atoms with Gasteiger partial charge in [0.1, 0.15) is 5.65 Å². The number of rotatable bonds is 4. The zero-order valence-electron chi connectivity index (χ0n) is 11.1. The van der Waals surface area contributed by atoms with Gasteiger partial charge in [0.05, 0.1) is 18.5 Å². The van der Waals surface area contributed by atoms with Crippen molar-refractivity contribution in [1.82, 2.24) is 19.2 Å². The van der Waals surface area contributed by atoms with Crippen molar-refractivity contribution in [2.75, 3.05) is 39.3 Å². The summed E-state index contributed by atoms with van der Waals surface area (Å²) in [6, 6.07) is 6.08. The van der Waals surface area contributed by atoms with Crippen molar-refractivity contribution in [2.24, 2.45) is 0 Å². The third-order valence-corrected chi connectivity index (χ3v) is 3.76. The summed E-state index contributed by atoms with van der Waals surface area (Å²) < 4.78 is 2.15. The standard InChI is InChI=1S/C14H20N4O/c19-10-9-16-5-7-17(8-6-16)12-13-11-15-14-3-1-2-4-18(13)14/h1-4,11,19H,5-10,12H2. The van der Waals surface area contributed by atoms with Crippen LogP contribution >= 0.6 is 0 Å². The van der Waals surface area contributed by atoms with Gasteiger partial charge >= 0.3 is 0 Å².